The van der Waals surface area contributed by atoms with Crippen LogP contribution in [0.4, 0.5) is 0 Å². The number of hydrogen-bond donors (Lipinski definition) is 0. The molecule has 0 atom stereocenters. The van der Waals surface area contributed by atoms with Crippen molar-refractivity contribution in [3.8, 4) is 23.0 Å². The fourth-order valence-electron chi connectivity index (χ4n) is 5.34. The summed E-state index contributed by atoms with van der Waals surface area (Å²) in [6.45, 7) is 6.31. The van der Waals surface area contributed by atoms with E-state index in [0.29, 0.717) is 34.6 Å². The van der Waals surface area contributed by atoms with E-state index in [0.717, 1.165) is 48.0 Å². The lowest BCUT2D eigenvalue weighted by Gasteiger charge is -2.18. The van der Waals surface area contributed by atoms with E-state index in [9.17, 15) is 8.42 Å². The first-order valence-electron chi connectivity index (χ1n) is 14.1. The molecule has 0 N–H and O–H groups in total. The van der Waals surface area contributed by atoms with Crippen LogP contribution in [0.2, 0.25) is 0 Å². The molecule has 0 unspecified atom stereocenters. The lowest BCUT2D eigenvalue weighted by Crippen LogP contribution is -2.23. The SMILES string of the molecule is COc1cc(CCN(C)CCCOc2ccc(S(=O)(=O)c3c(C(C)C)c4ccccc4n3C)cc2)cc(OC)c1OC. The third kappa shape index (κ3) is 6.52. The molecule has 0 amide bonds. The van der Waals surface area contributed by atoms with Gasteiger partial charge in [0.15, 0.2) is 11.5 Å². The molecule has 0 aliphatic heterocycles. The quantitative estimate of drug-likeness (QED) is 0.163. The summed E-state index contributed by atoms with van der Waals surface area (Å²) in [5.74, 6) is 2.60. The van der Waals surface area contributed by atoms with Crippen molar-refractivity contribution < 1.29 is 27.4 Å². The van der Waals surface area contributed by atoms with Crippen LogP contribution >= 0.6 is 0 Å². The number of aryl methyl sites for hydroxylation is 1. The highest BCUT2D eigenvalue weighted by molar-refractivity contribution is 7.91. The molecule has 8 nitrogen and oxygen atoms in total. The first-order valence-corrected chi connectivity index (χ1v) is 15.6. The second-order valence-electron chi connectivity index (χ2n) is 10.7. The molecule has 0 aliphatic rings. The molecule has 0 aliphatic carbocycles. The van der Waals surface area contributed by atoms with Crippen LogP contribution in [0.3, 0.4) is 0 Å². The van der Waals surface area contributed by atoms with Gasteiger partial charge in [0.25, 0.3) is 0 Å². The molecule has 0 bridgehead atoms. The van der Waals surface area contributed by atoms with Crippen LogP contribution < -0.4 is 18.9 Å². The average Bonchev–Trinajstić information content (AvgIpc) is 3.31. The highest BCUT2D eigenvalue weighted by atomic mass is 32.2. The third-order valence-corrected chi connectivity index (χ3v) is 9.41. The number of aromatic nitrogens is 1. The molecular weight excluding hydrogens is 552 g/mol. The Morgan fingerprint density at radius 1 is 0.881 bits per heavy atom. The van der Waals surface area contributed by atoms with E-state index in [4.69, 9.17) is 18.9 Å². The second-order valence-corrected chi connectivity index (χ2v) is 12.6. The molecule has 1 heterocycles. The zero-order chi connectivity index (χ0) is 30.4. The number of hydrogen-bond acceptors (Lipinski definition) is 7. The first-order chi connectivity index (χ1) is 20.1. The molecule has 9 heteroatoms. The lowest BCUT2D eigenvalue weighted by atomic mass is 10.0. The van der Waals surface area contributed by atoms with Crippen molar-refractivity contribution in [2.24, 2.45) is 7.05 Å². The molecular formula is C33H42N2O6S. The molecule has 3 aromatic carbocycles. The Balaban J connectivity index is 1.33. The number of rotatable bonds is 14. The van der Waals surface area contributed by atoms with Crippen LogP contribution in [-0.2, 0) is 23.3 Å². The molecule has 0 fully saturated rings. The van der Waals surface area contributed by atoms with E-state index in [1.165, 1.54) is 0 Å². The number of benzene rings is 3. The smallest absolute Gasteiger partial charge is 0.222 e. The number of ether oxygens (including phenoxy) is 4. The van der Waals surface area contributed by atoms with Crippen molar-refractivity contribution in [3.05, 3.63) is 71.8 Å². The zero-order valence-electron chi connectivity index (χ0n) is 25.6. The maximum Gasteiger partial charge on any atom is 0.222 e. The van der Waals surface area contributed by atoms with Gasteiger partial charge in [0.1, 0.15) is 10.8 Å². The Bertz CT molecular complexity index is 1580. The summed E-state index contributed by atoms with van der Waals surface area (Å²) in [5.41, 5.74) is 2.86. The Labute approximate surface area is 249 Å². The molecule has 0 radical (unpaired) electrons. The number of likely N-dealkylation sites (N-methyl/N-ethyl adjacent to an activating group) is 1. The van der Waals surface area contributed by atoms with Gasteiger partial charge in [-0.25, -0.2) is 8.42 Å². The Morgan fingerprint density at radius 2 is 1.52 bits per heavy atom. The molecule has 0 spiro atoms. The van der Waals surface area contributed by atoms with Gasteiger partial charge < -0.3 is 28.4 Å². The summed E-state index contributed by atoms with van der Waals surface area (Å²) < 4.78 is 51.6. The van der Waals surface area contributed by atoms with Crippen LogP contribution in [0.5, 0.6) is 23.0 Å². The summed E-state index contributed by atoms with van der Waals surface area (Å²) in [6, 6.07) is 18.5. The van der Waals surface area contributed by atoms with Gasteiger partial charge in [0.05, 0.1) is 32.8 Å². The van der Waals surface area contributed by atoms with E-state index in [-0.39, 0.29) is 10.8 Å². The first kappa shape index (κ1) is 31.3. The zero-order valence-corrected chi connectivity index (χ0v) is 26.5. The molecule has 4 aromatic rings. The van der Waals surface area contributed by atoms with E-state index in [1.807, 2.05) is 57.3 Å². The Morgan fingerprint density at radius 3 is 2.12 bits per heavy atom. The van der Waals surface area contributed by atoms with Gasteiger partial charge in [-0.3, -0.25) is 0 Å². The predicted octanol–water partition coefficient (Wildman–Crippen LogP) is 6.10. The average molecular weight is 595 g/mol. The topological polar surface area (TPSA) is 79.2 Å². The summed E-state index contributed by atoms with van der Waals surface area (Å²) in [5, 5.41) is 1.32. The van der Waals surface area contributed by atoms with Crippen molar-refractivity contribution in [1.29, 1.82) is 0 Å². The molecule has 0 saturated carbocycles. The molecule has 42 heavy (non-hydrogen) atoms. The highest BCUT2D eigenvalue weighted by Gasteiger charge is 2.29. The van der Waals surface area contributed by atoms with Crippen molar-refractivity contribution in [2.75, 3.05) is 48.1 Å². The van der Waals surface area contributed by atoms with Crippen LogP contribution in [-0.4, -0.2) is 66.0 Å². The normalized spacial score (nSPS) is 11.8. The van der Waals surface area contributed by atoms with Crippen LogP contribution in [0.25, 0.3) is 10.9 Å². The van der Waals surface area contributed by atoms with Crippen molar-refractivity contribution in [1.82, 2.24) is 9.47 Å². The summed E-state index contributed by atoms with van der Waals surface area (Å²) in [4.78, 5) is 2.51. The minimum absolute atomic E-state index is 0.0588. The lowest BCUT2D eigenvalue weighted by molar-refractivity contribution is 0.263. The van der Waals surface area contributed by atoms with Gasteiger partial charge in [-0.15, -0.1) is 0 Å². The van der Waals surface area contributed by atoms with E-state index >= 15 is 0 Å². The number of nitrogens with zero attached hydrogens (tertiary/aromatic N) is 2. The number of sulfone groups is 1. The van der Waals surface area contributed by atoms with E-state index in [1.54, 1.807) is 50.2 Å². The molecule has 226 valence electrons. The second kappa shape index (κ2) is 13.5. The number of fused-ring (bicyclic) bond motifs is 1. The summed E-state index contributed by atoms with van der Waals surface area (Å²) in [7, 11) is 5.01. The predicted molar refractivity (Wildman–Crippen MR) is 166 cm³/mol. The van der Waals surface area contributed by atoms with Gasteiger partial charge in [-0.1, -0.05) is 32.0 Å². The van der Waals surface area contributed by atoms with Gasteiger partial charge in [0.2, 0.25) is 15.6 Å². The molecule has 0 saturated heterocycles. The minimum atomic E-state index is -3.72. The highest BCUT2D eigenvalue weighted by Crippen LogP contribution is 2.39. The monoisotopic (exact) mass is 594 g/mol. The Hall–Kier alpha value is -3.69. The standard InChI is InChI=1S/C33H42N2O6S/c1-23(2)31-27-11-8-9-12-28(27)35(4)33(31)42(36,37)26-15-13-25(14-16-26)41-20-10-18-34(3)19-17-24-21-29(38-5)32(40-7)30(22-24)39-6/h8-9,11-16,21-23H,10,17-20H2,1-7H3. The van der Waals surface area contributed by atoms with Crippen molar-refractivity contribution >= 4 is 20.7 Å². The Kier molecular flexibility index (Phi) is 10.1. The van der Waals surface area contributed by atoms with E-state index in [2.05, 4.69) is 11.9 Å². The minimum Gasteiger partial charge on any atom is -0.494 e. The maximum atomic E-state index is 13.8. The largest absolute Gasteiger partial charge is 0.494 e. The van der Waals surface area contributed by atoms with Crippen molar-refractivity contribution in [2.45, 2.75) is 42.5 Å². The molecule has 4 rings (SSSR count). The van der Waals surface area contributed by atoms with Gasteiger partial charge >= 0.3 is 0 Å². The van der Waals surface area contributed by atoms with Crippen LogP contribution in [0.15, 0.2) is 70.6 Å². The van der Waals surface area contributed by atoms with Gasteiger partial charge in [-0.05, 0) is 79.4 Å². The molecule has 1 aromatic heterocycles. The van der Waals surface area contributed by atoms with E-state index < -0.39 is 9.84 Å². The van der Waals surface area contributed by atoms with Gasteiger partial charge in [0, 0.05) is 31.0 Å². The summed E-state index contributed by atoms with van der Waals surface area (Å²) >= 11 is 0. The maximum absolute atomic E-state index is 13.8. The fraction of sp³-hybridized carbons (Fsp3) is 0.394. The van der Waals surface area contributed by atoms with Crippen molar-refractivity contribution in [3.63, 3.8) is 0 Å². The van der Waals surface area contributed by atoms with Crippen LogP contribution in [0.1, 0.15) is 37.3 Å². The van der Waals surface area contributed by atoms with Gasteiger partial charge in [-0.2, -0.15) is 0 Å². The fourth-order valence-corrected chi connectivity index (χ4v) is 7.16. The third-order valence-electron chi connectivity index (χ3n) is 7.52. The summed E-state index contributed by atoms with van der Waals surface area (Å²) in [6.07, 6.45) is 1.67. The number of methoxy groups -OCH3 is 3. The van der Waals surface area contributed by atoms with Crippen LogP contribution in [0, 0.1) is 0 Å². The number of para-hydroxylation sites is 1.